The van der Waals surface area contributed by atoms with Gasteiger partial charge in [0, 0.05) is 17.3 Å². The minimum absolute atomic E-state index is 0.108. The standard InChI is InChI=1S/C9H14O6S3/c10-7(11)1-2-17-6(9(14)15)4-18-5(3-16)8(12)13/h5-6,16H,1-4H2,(H,10,11)(H,12,13)(H,14,15)/t5?,6-/m1/s1. The monoisotopic (exact) mass is 314 g/mol. The molecule has 18 heavy (non-hydrogen) atoms. The maximum Gasteiger partial charge on any atom is 0.317 e. The van der Waals surface area contributed by atoms with Crippen molar-refractivity contribution >= 4 is 54.1 Å². The Morgan fingerprint density at radius 2 is 1.56 bits per heavy atom. The summed E-state index contributed by atoms with van der Waals surface area (Å²) in [7, 11) is 0. The summed E-state index contributed by atoms with van der Waals surface area (Å²) >= 11 is 5.88. The van der Waals surface area contributed by atoms with Crippen LogP contribution in [-0.2, 0) is 14.4 Å². The molecule has 0 aliphatic rings. The Morgan fingerprint density at radius 1 is 1.00 bits per heavy atom. The Labute approximate surface area is 118 Å². The first-order chi connectivity index (χ1) is 8.38. The van der Waals surface area contributed by atoms with Gasteiger partial charge in [-0.3, -0.25) is 14.4 Å². The molecule has 3 N–H and O–H groups in total. The summed E-state index contributed by atoms with van der Waals surface area (Å²) in [5.74, 6) is -2.68. The molecule has 0 fully saturated rings. The lowest BCUT2D eigenvalue weighted by molar-refractivity contribution is -0.137. The minimum atomic E-state index is -1.07. The first-order valence-electron chi connectivity index (χ1n) is 4.90. The fourth-order valence-electron chi connectivity index (χ4n) is 0.885. The number of carbonyl (C=O) groups is 3. The number of carboxylic acid groups (broad SMARTS) is 3. The number of hydrogen-bond acceptors (Lipinski definition) is 6. The molecule has 0 saturated heterocycles. The van der Waals surface area contributed by atoms with Crippen molar-refractivity contribution in [1.82, 2.24) is 0 Å². The first kappa shape index (κ1) is 17.5. The summed E-state index contributed by atoms with van der Waals surface area (Å²) in [5, 5.41) is 24.6. The van der Waals surface area contributed by atoms with E-state index in [1.807, 2.05) is 0 Å². The largest absolute Gasteiger partial charge is 0.481 e. The van der Waals surface area contributed by atoms with Crippen LogP contribution in [0.5, 0.6) is 0 Å². The summed E-state index contributed by atoms with van der Waals surface area (Å²) in [6, 6.07) is 0. The van der Waals surface area contributed by atoms with Gasteiger partial charge in [0.1, 0.15) is 10.5 Å². The van der Waals surface area contributed by atoms with Crippen LogP contribution in [0.1, 0.15) is 6.42 Å². The van der Waals surface area contributed by atoms with Crippen LogP contribution in [0.2, 0.25) is 0 Å². The first-order valence-corrected chi connectivity index (χ1v) is 7.63. The van der Waals surface area contributed by atoms with Crippen LogP contribution < -0.4 is 0 Å². The van der Waals surface area contributed by atoms with E-state index in [-0.39, 0.29) is 23.7 Å². The van der Waals surface area contributed by atoms with Gasteiger partial charge in [0.05, 0.1) is 6.42 Å². The van der Waals surface area contributed by atoms with E-state index in [0.717, 1.165) is 23.5 Å². The zero-order chi connectivity index (χ0) is 14.1. The van der Waals surface area contributed by atoms with Crippen molar-refractivity contribution < 1.29 is 29.7 Å². The van der Waals surface area contributed by atoms with Crippen molar-refractivity contribution in [2.45, 2.75) is 16.9 Å². The van der Waals surface area contributed by atoms with Crippen LogP contribution in [0.3, 0.4) is 0 Å². The SMILES string of the molecule is O=C(O)CCS[C@H](CSC(CS)C(=O)O)C(=O)O. The quantitative estimate of drug-likeness (QED) is 0.437. The Morgan fingerprint density at radius 3 is 1.94 bits per heavy atom. The molecule has 0 heterocycles. The lowest BCUT2D eigenvalue weighted by Gasteiger charge is -2.14. The highest BCUT2D eigenvalue weighted by Crippen LogP contribution is 2.22. The van der Waals surface area contributed by atoms with Gasteiger partial charge in [0.15, 0.2) is 0 Å². The van der Waals surface area contributed by atoms with Gasteiger partial charge in [-0.15, -0.1) is 23.5 Å². The maximum absolute atomic E-state index is 10.9. The van der Waals surface area contributed by atoms with Gasteiger partial charge < -0.3 is 15.3 Å². The number of thiol groups is 1. The highest BCUT2D eigenvalue weighted by atomic mass is 32.2. The van der Waals surface area contributed by atoms with Gasteiger partial charge in [0.2, 0.25) is 0 Å². The predicted molar refractivity (Wildman–Crippen MR) is 73.9 cm³/mol. The molecular formula is C9H14O6S3. The molecule has 6 nitrogen and oxygen atoms in total. The highest BCUT2D eigenvalue weighted by Gasteiger charge is 2.23. The Balaban J connectivity index is 4.15. The van der Waals surface area contributed by atoms with Crippen molar-refractivity contribution in [3.05, 3.63) is 0 Å². The second-order valence-corrected chi connectivity index (χ2v) is 6.10. The number of aliphatic carboxylic acids is 3. The number of rotatable bonds is 10. The van der Waals surface area contributed by atoms with E-state index in [1.165, 1.54) is 0 Å². The van der Waals surface area contributed by atoms with Gasteiger partial charge in [-0.05, 0) is 0 Å². The van der Waals surface area contributed by atoms with Gasteiger partial charge >= 0.3 is 17.9 Å². The third-order valence-electron chi connectivity index (χ3n) is 1.80. The van der Waals surface area contributed by atoms with E-state index in [4.69, 9.17) is 15.3 Å². The van der Waals surface area contributed by atoms with Gasteiger partial charge in [-0.1, -0.05) is 0 Å². The molecule has 0 aromatic rings. The fourth-order valence-corrected chi connectivity index (χ4v) is 3.50. The maximum atomic E-state index is 10.9. The lowest BCUT2D eigenvalue weighted by atomic mass is 10.5. The van der Waals surface area contributed by atoms with E-state index in [0.29, 0.717) is 0 Å². The van der Waals surface area contributed by atoms with Crippen molar-refractivity contribution in [2.75, 3.05) is 17.3 Å². The van der Waals surface area contributed by atoms with Crippen molar-refractivity contribution in [1.29, 1.82) is 0 Å². The molecule has 9 heteroatoms. The molecule has 0 aliphatic heterocycles. The van der Waals surface area contributed by atoms with Crippen LogP contribution in [0.25, 0.3) is 0 Å². The van der Waals surface area contributed by atoms with E-state index in [1.54, 1.807) is 0 Å². The molecule has 0 bridgehead atoms. The van der Waals surface area contributed by atoms with Gasteiger partial charge in [-0.25, -0.2) is 0 Å². The molecule has 0 saturated carbocycles. The minimum Gasteiger partial charge on any atom is -0.481 e. The zero-order valence-electron chi connectivity index (χ0n) is 9.31. The molecule has 104 valence electrons. The zero-order valence-corrected chi connectivity index (χ0v) is 11.8. The van der Waals surface area contributed by atoms with Crippen LogP contribution in [-0.4, -0.2) is 61.0 Å². The van der Waals surface area contributed by atoms with Crippen molar-refractivity contribution in [2.24, 2.45) is 0 Å². The third-order valence-corrected chi connectivity index (χ3v) is 5.13. The van der Waals surface area contributed by atoms with Gasteiger partial charge in [0.25, 0.3) is 0 Å². The second-order valence-electron chi connectivity index (χ2n) is 3.18. The summed E-state index contributed by atoms with van der Waals surface area (Å²) < 4.78 is 0. The number of hydrogen-bond donors (Lipinski definition) is 4. The topological polar surface area (TPSA) is 112 Å². The van der Waals surface area contributed by atoms with Crippen LogP contribution in [0.4, 0.5) is 0 Å². The van der Waals surface area contributed by atoms with E-state index in [9.17, 15) is 14.4 Å². The average Bonchev–Trinajstić information content (AvgIpc) is 2.26. The lowest BCUT2D eigenvalue weighted by Crippen LogP contribution is -2.25. The van der Waals surface area contributed by atoms with Crippen molar-refractivity contribution in [3.63, 3.8) is 0 Å². The van der Waals surface area contributed by atoms with Crippen LogP contribution in [0, 0.1) is 0 Å². The molecule has 0 spiro atoms. The average molecular weight is 314 g/mol. The van der Waals surface area contributed by atoms with E-state index >= 15 is 0 Å². The Bertz CT molecular complexity index is 309. The van der Waals surface area contributed by atoms with Crippen LogP contribution >= 0.6 is 36.2 Å². The van der Waals surface area contributed by atoms with Crippen LogP contribution in [0.15, 0.2) is 0 Å². The Hall–Kier alpha value is -0.540. The summed E-state index contributed by atoms with van der Waals surface area (Å²) in [6.07, 6.45) is -0.117. The molecule has 2 atom stereocenters. The summed E-state index contributed by atoms with van der Waals surface area (Å²) in [4.78, 5) is 31.9. The fraction of sp³-hybridized carbons (Fsp3) is 0.667. The normalized spacial score (nSPS) is 13.8. The molecule has 0 amide bonds. The molecule has 1 unspecified atom stereocenters. The molecular weight excluding hydrogens is 300 g/mol. The second kappa shape index (κ2) is 9.40. The number of carboxylic acids is 3. The van der Waals surface area contributed by atoms with E-state index < -0.39 is 28.4 Å². The number of thioether (sulfide) groups is 2. The molecule has 0 aromatic heterocycles. The molecule has 0 rings (SSSR count). The highest BCUT2D eigenvalue weighted by molar-refractivity contribution is 8.04. The summed E-state index contributed by atoms with van der Waals surface area (Å²) in [6.45, 7) is 0. The molecule has 0 aromatic carbocycles. The van der Waals surface area contributed by atoms with E-state index in [2.05, 4.69) is 12.6 Å². The molecule has 0 radical (unpaired) electrons. The molecule has 0 aliphatic carbocycles. The van der Waals surface area contributed by atoms with Gasteiger partial charge in [-0.2, -0.15) is 12.6 Å². The Kier molecular flexibility index (Phi) is 9.12. The predicted octanol–water partition coefficient (Wildman–Crippen LogP) is 0.764. The third kappa shape index (κ3) is 7.72. The van der Waals surface area contributed by atoms with Crippen molar-refractivity contribution in [3.8, 4) is 0 Å². The smallest absolute Gasteiger partial charge is 0.317 e. The summed E-state index contributed by atoms with van der Waals surface area (Å²) in [5.41, 5.74) is 0.